The topological polar surface area (TPSA) is 71.1 Å². The fourth-order valence-corrected chi connectivity index (χ4v) is 3.80. The Kier molecular flexibility index (Phi) is 6.82. The van der Waals surface area contributed by atoms with Gasteiger partial charge in [0.1, 0.15) is 5.75 Å². The molecule has 0 aliphatic rings. The van der Waals surface area contributed by atoms with Crippen molar-refractivity contribution in [2.75, 3.05) is 7.11 Å². The van der Waals surface area contributed by atoms with E-state index in [1.807, 2.05) is 66.4 Å². The highest BCUT2D eigenvalue weighted by Crippen LogP contribution is 2.27. The lowest BCUT2D eigenvalue weighted by molar-refractivity contribution is -0.135. The van der Waals surface area contributed by atoms with E-state index >= 15 is 0 Å². The summed E-state index contributed by atoms with van der Waals surface area (Å²) in [6, 6.07) is 17.6. The number of rotatable bonds is 7. The van der Waals surface area contributed by atoms with E-state index in [0.29, 0.717) is 17.5 Å². The van der Waals surface area contributed by atoms with Crippen molar-refractivity contribution in [3.63, 3.8) is 0 Å². The molecule has 0 saturated carbocycles. The Balaban J connectivity index is 1.71. The number of methoxy groups -OCH3 is 1. The van der Waals surface area contributed by atoms with Gasteiger partial charge >= 0.3 is 0 Å². The number of ether oxygens (including phenoxy) is 1. The minimum Gasteiger partial charge on any atom is -0.497 e. The third kappa shape index (κ3) is 5.42. The third-order valence-corrected chi connectivity index (χ3v) is 5.67. The fourth-order valence-electron chi connectivity index (χ4n) is 3.02. The van der Waals surface area contributed by atoms with Gasteiger partial charge in [0.25, 0.3) is 0 Å². The first kappa shape index (κ1) is 21.9. The van der Waals surface area contributed by atoms with Crippen molar-refractivity contribution in [3.8, 4) is 17.1 Å². The van der Waals surface area contributed by atoms with Crippen molar-refractivity contribution in [2.45, 2.75) is 50.2 Å². The maximum Gasteiger partial charge on any atom is 0.236 e. The number of amides is 1. The van der Waals surface area contributed by atoms with E-state index < -0.39 is 0 Å². The van der Waals surface area contributed by atoms with E-state index in [0.717, 1.165) is 16.9 Å². The summed E-state index contributed by atoms with van der Waals surface area (Å²) in [5.41, 5.74) is 1.72. The van der Waals surface area contributed by atoms with Crippen LogP contribution in [0, 0.1) is 0 Å². The molecule has 0 aliphatic carbocycles. The van der Waals surface area contributed by atoms with E-state index in [4.69, 9.17) is 4.74 Å². The predicted octanol–water partition coefficient (Wildman–Crippen LogP) is 4.79. The molecule has 0 radical (unpaired) electrons. The van der Waals surface area contributed by atoms with Gasteiger partial charge in [0.15, 0.2) is 5.82 Å². The lowest BCUT2D eigenvalue weighted by atomic mass is 10.0. The molecule has 0 bridgehead atoms. The van der Waals surface area contributed by atoms with Crippen molar-refractivity contribution in [2.24, 2.45) is 0 Å². The minimum atomic E-state index is -0.313. The van der Waals surface area contributed by atoms with Gasteiger partial charge in [-0.15, -0.1) is 5.10 Å². The summed E-state index contributed by atoms with van der Waals surface area (Å²) in [6.07, 6.45) is 0. The number of nitrogens with one attached hydrogen (secondary N) is 1. The van der Waals surface area contributed by atoms with Crippen molar-refractivity contribution in [1.29, 1.82) is 0 Å². The first-order valence-electron chi connectivity index (χ1n) is 9.87. The van der Waals surface area contributed by atoms with Crippen LogP contribution in [0.5, 0.6) is 5.75 Å². The van der Waals surface area contributed by atoms with Crippen LogP contribution in [0.4, 0.5) is 0 Å². The van der Waals surface area contributed by atoms with E-state index in [9.17, 15) is 4.79 Å². The van der Waals surface area contributed by atoms with Crippen LogP contribution in [0.1, 0.15) is 33.3 Å². The van der Waals surface area contributed by atoms with Gasteiger partial charge in [0.2, 0.25) is 11.1 Å². The van der Waals surface area contributed by atoms with Gasteiger partial charge in [-0.2, -0.15) is 0 Å². The Bertz CT molecular complexity index is 965. The smallest absolute Gasteiger partial charge is 0.236 e. The maximum atomic E-state index is 13.3. The Morgan fingerprint density at radius 3 is 2.40 bits per heavy atom. The zero-order valence-electron chi connectivity index (χ0n) is 18.0. The monoisotopic (exact) mass is 424 g/mol. The lowest BCUT2D eigenvalue weighted by Crippen LogP contribution is -2.48. The first-order valence-corrected chi connectivity index (χ1v) is 10.7. The van der Waals surface area contributed by atoms with E-state index in [1.165, 1.54) is 11.8 Å². The molecule has 0 saturated heterocycles. The molecule has 2 aromatic carbocycles. The Hall–Kier alpha value is -2.80. The summed E-state index contributed by atoms with van der Waals surface area (Å²) in [4.78, 5) is 19.7. The van der Waals surface area contributed by atoms with Gasteiger partial charge in [0.05, 0.1) is 12.4 Å². The summed E-state index contributed by atoms with van der Waals surface area (Å²) in [7, 11) is 1.63. The zero-order chi connectivity index (χ0) is 21.7. The standard InChI is InChI=1S/C23H28N4O2S/c1-16(21(28)27(23(2,3)4)15-17-9-7-6-8-10-17)30-22-24-20(25-26-22)18-11-13-19(29-5)14-12-18/h6-14,16H,15H2,1-5H3,(H,24,25,26)/t16-/m0/s1. The van der Waals surface area contributed by atoms with Gasteiger partial charge < -0.3 is 9.64 Å². The number of carbonyl (C=O) groups excluding carboxylic acids is 1. The van der Waals surface area contributed by atoms with E-state index in [1.54, 1.807) is 7.11 Å². The first-order chi connectivity index (χ1) is 14.3. The van der Waals surface area contributed by atoms with Crippen LogP contribution >= 0.6 is 11.8 Å². The van der Waals surface area contributed by atoms with Crippen LogP contribution in [-0.2, 0) is 11.3 Å². The van der Waals surface area contributed by atoms with Gasteiger partial charge in [-0.1, -0.05) is 42.1 Å². The molecule has 3 aromatic rings. The van der Waals surface area contributed by atoms with Crippen LogP contribution in [-0.4, -0.2) is 43.9 Å². The average Bonchev–Trinajstić information content (AvgIpc) is 3.20. The Morgan fingerprint density at radius 2 is 1.80 bits per heavy atom. The fraction of sp³-hybridized carbons (Fsp3) is 0.348. The molecule has 6 nitrogen and oxygen atoms in total. The molecule has 1 heterocycles. The molecule has 3 rings (SSSR count). The van der Waals surface area contributed by atoms with Crippen molar-refractivity contribution in [1.82, 2.24) is 20.1 Å². The Labute approximate surface area is 182 Å². The number of hydrogen-bond acceptors (Lipinski definition) is 5. The van der Waals surface area contributed by atoms with E-state index in [2.05, 4.69) is 36.0 Å². The number of carbonyl (C=O) groups is 1. The second-order valence-corrected chi connectivity index (χ2v) is 9.34. The summed E-state index contributed by atoms with van der Waals surface area (Å²) in [5, 5.41) is 7.48. The summed E-state index contributed by atoms with van der Waals surface area (Å²) >= 11 is 1.36. The molecule has 7 heteroatoms. The highest BCUT2D eigenvalue weighted by Gasteiger charge is 2.31. The van der Waals surface area contributed by atoms with Crippen LogP contribution in [0.3, 0.4) is 0 Å². The van der Waals surface area contributed by atoms with Gasteiger partial charge in [-0.05, 0) is 57.5 Å². The lowest BCUT2D eigenvalue weighted by Gasteiger charge is -2.37. The summed E-state index contributed by atoms with van der Waals surface area (Å²) in [5.74, 6) is 1.51. The largest absolute Gasteiger partial charge is 0.497 e. The summed E-state index contributed by atoms with van der Waals surface area (Å²) in [6.45, 7) is 8.64. The number of aromatic amines is 1. The quantitative estimate of drug-likeness (QED) is 0.552. The van der Waals surface area contributed by atoms with Crippen LogP contribution in [0.15, 0.2) is 59.8 Å². The molecule has 0 aliphatic heterocycles. The number of benzene rings is 2. The molecular weight excluding hydrogens is 396 g/mol. The zero-order valence-corrected chi connectivity index (χ0v) is 18.9. The average molecular weight is 425 g/mol. The van der Waals surface area contributed by atoms with Gasteiger partial charge in [-0.25, -0.2) is 4.98 Å². The molecular formula is C23H28N4O2S. The van der Waals surface area contributed by atoms with Crippen molar-refractivity contribution < 1.29 is 9.53 Å². The molecule has 1 N–H and O–H groups in total. The molecule has 1 aromatic heterocycles. The van der Waals surface area contributed by atoms with E-state index in [-0.39, 0.29) is 16.7 Å². The summed E-state index contributed by atoms with van der Waals surface area (Å²) < 4.78 is 5.19. The van der Waals surface area contributed by atoms with Crippen LogP contribution in [0.2, 0.25) is 0 Å². The molecule has 30 heavy (non-hydrogen) atoms. The molecule has 0 fully saturated rings. The molecule has 0 spiro atoms. The number of aromatic nitrogens is 3. The number of nitrogens with zero attached hydrogens (tertiary/aromatic N) is 3. The van der Waals surface area contributed by atoms with Crippen LogP contribution in [0.25, 0.3) is 11.4 Å². The predicted molar refractivity (Wildman–Crippen MR) is 120 cm³/mol. The number of hydrogen-bond donors (Lipinski definition) is 1. The number of thioether (sulfide) groups is 1. The van der Waals surface area contributed by atoms with Gasteiger partial charge in [0, 0.05) is 17.6 Å². The van der Waals surface area contributed by atoms with Crippen LogP contribution < -0.4 is 4.74 Å². The maximum absolute atomic E-state index is 13.3. The highest BCUT2D eigenvalue weighted by atomic mass is 32.2. The van der Waals surface area contributed by atoms with Crippen molar-refractivity contribution in [3.05, 3.63) is 60.2 Å². The highest BCUT2D eigenvalue weighted by molar-refractivity contribution is 8.00. The second kappa shape index (κ2) is 9.34. The number of H-pyrrole nitrogens is 1. The second-order valence-electron chi connectivity index (χ2n) is 8.04. The van der Waals surface area contributed by atoms with Gasteiger partial charge in [-0.3, -0.25) is 9.89 Å². The molecule has 0 unspecified atom stereocenters. The molecule has 158 valence electrons. The molecule has 1 amide bonds. The normalized spacial score (nSPS) is 12.4. The third-order valence-electron chi connectivity index (χ3n) is 4.72. The Morgan fingerprint density at radius 1 is 1.13 bits per heavy atom. The minimum absolute atomic E-state index is 0.0622. The SMILES string of the molecule is COc1ccc(-c2nc(S[C@@H](C)C(=O)N(Cc3ccccc3)C(C)(C)C)n[nH]2)cc1. The van der Waals surface area contributed by atoms with Crippen molar-refractivity contribution >= 4 is 17.7 Å². The molecule has 1 atom stereocenters.